The lowest BCUT2D eigenvalue weighted by atomic mass is 10.2. The monoisotopic (exact) mass is 212 g/mol. The number of alkyl carbamates (subject to hydrolysis) is 1. The van der Waals surface area contributed by atoms with Crippen LogP contribution in [-0.4, -0.2) is 30.8 Å². The van der Waals surface area contributed by atoms with Crippen LogP contribution in [0.2, 0.25) is 0 Å². The molecule has 4 nitrogen and oxygen atoms in total. The number of carbonyl (C=O) groups is 1. The van der Waals surface area contributed by atoms with Crippen molar-refractivity contribution in [2.45, 2.75) is 39.3 Å². The number of nitrogens with one attached hydrogen (secondary N) is 2. The fraction of sp³-hybridized carbons (Fsp3) is 0.727. The van der Waals surface area contributed by atoms with Crippen LogP contribution in [0.15, 0.2) is 0 Å². The van der Waals surface area contributed by atoms with Gasteiger partial charge in [-0.05, 0) is 27.7 Å². The van der Waals surface area contributed by atoms with Gasteiger partial charge in [0.05, 0.1) is 6.54 Å². The predicted octanol–water partition coefficient (Wildman–Crippen LogP) is 1.12. The van der Waals surface area contributed by atoms with Crippen molar-refractivity contribution in [1.29, 1.82) is 0 Å². The molecule has 0 rings (SSSR count). The molecule has 0 aliphatic rings. The van der Waals surface area contributed by atoms with Gasteiger partial charge in [-0.3, -0.25) is 0 Å². The predicted molar refractivity (Wildman–Crippen MR) is 60.5 cm³/mol. The third-order valence-corrected chi connectivity index (χ3v) is 1.44. The highest BCUT2D eigenvalue weighted by molar-refractivity contribution is 5.68. The lowest BCUT2D eigenvalue weighted by molar-refractivity contribution is 0.0508. The van der Waals surface area contributed by atoms with Gasteiger partial charge in [0, 0.05) is 12.6 Å². The molecule has 0 saturated heterocycles. The molecule has 0 aromatic heterocycles. The Morgan fingerprint density at radius 3 is 2.60 bits per heavy atom. The van der Waals surface area contributed by atoms with Gasteiger partial charge in [0.15, 0.2) is 0 Å². The number of carbonyl (C=O) groups excluding carboxylic acids is 1. The molecule has 0 aromatic rings. The van der Waals surface area contributed by atoms with Gasteiger partial charge in [-0.2, -0.15) is 0 Å². The molecule has 0 aliphatic heterocycles. The Morgan fingerprint density at radius 2 is 2.13 bits per heavy atom. The number of hydrogen-bond donors (Lipinski definition) is 2. The Kier molecular flexibility index (Phi) is 5.80. The Morgan fingerprint density at radius 1 is 1.53 bits per heavy atom. The van der Waals surface area contributed by atoms with E-state index >= 15 is 0 Å². The summed E-state index contributed by atoms with van der Waals surface area (Å²) in [5.74, 6) is 2.46. The summed E-state index contributed by atoms with van der Waals surface area (Å²) in [6, 6.07) is -0.00630. The van der Waals surface area contributed by atoms with Crippen molar-refractivity contribution >= 4 is 6.09 Å². The molecule has 1 amide bonds. The molecular weight excluding hydrogens is 192 g/mol. The lowest BCUT2D eigenvalue weighted by Gasteiger charge is -2.21. The zero-order valence-electron chi connectivity index (χ0n) is 9.89. The summed E-state index contributed by atoms with van der Waals surface area (Å²) in [7, 11) is 0. The first-order chi connectivity index (χ1) is 6.85. The maximum atomic E-state index is 11.3. The van der Waals surface area contributed by atoms with Crippen LogP contribution in [-0.2, 0) is 4.74 Å². The normalized spacial score (nSPS) is 12.7. The van der Waals surface area contributed by atoms with Gasteiger partial charge >= 0.3 is 6.09 Å². The second kappa shape index (κ2) is 6.31. The molecule has 0 fully saturated rings. The van der Waals surface area contributed by atoms with E-state index < -0.39 is 11.7 Å². The zero-order chi connectivity index (χ0) is 11.9. The number of amides is 1. The Bertz CT molecular complexity index is 238. The van der Waals surface area contributed by atoms with Crippen LogP contribution in [0.25, 0.3) is 0 Å². The standard InChI is InChI=1S/C11H20N2O2/c1-6-7-12-8-9(2)13-10(14)15-11(3,4)5/h1,9,12H,7-8H2,2-5H3,(H,13,14). The number of rotatable bonds is 4. The lowest BCUT2D eigenvalue weighted by Crippen LogP contribution is -2.42. The van der Waals surface area contributed by atoms with E-state index in [2.05, 4.69) is 16.6 Å². The van der Waals surface area contributed by atoms with Crippen LogP contribution in [0.1, 0.15) is 27.7 Å². The zero-order valence-corrected chi connectivity index (χ0v) is 9.89. The fourth-order valence-electron chi connectivity index (χ4n) is 0.921. The molecule has 0 aliphatic carbocycles. The summed E-state index contributed by atoms with van der Waals surface area (Å²) in [4.78, 5) is 11.3. The summed E-state index contributed by atoms with van der Waals surface area (Å²) in [6.07, 6.45) is 4.67. The minimum Gasteiger partial charge on any atom is -0.444 e. The third-order valence-electron chi connectivity index (χ3n) is 1.44. The smallest absolute Gasteiger partial charge is 0.407 e. The van der Waals surface area contributed by atoms with Gasteiger partial charge in [0.1, 0.15) is 5.60 Å². The van der Waals surface area contributed by atoms with Crippen LogP contribution in [0.4, 0.5) is 4.79 Å². The van der Waals surface area contributed by atoms with Gasteiger partial charge in [0.2, 0.25) is 0 Å². The van der Waals surface area contributed by atoms with E-state index in [-0.39, 0.29) is 6.04 Å². The summed E-state index contributed by atoms with van der Waals surface area (Å²) in [6.45, 7) is 8.49. The van der Waals surface area contributed by atoms with Gasteiger partial charge in [-0.15, -0.1) is 6.42 Å². The topological polar surface area (TPSA) is 50.4 Å². The van der Waals surface area contributed by atoms with Crippen molar-refractivity contribution < 1.29 is 9.53 Å². The first-order valence-corrected chi connectivity index (χ1v) is 4.99. The third kappa shape index (κ3) is 9.10. The van der Waals surface area contributed by atoms with Crippen LogP contribution in [0, 0.1) is 12.3 Å². The molecule has 86 valence electrons. The van der Waals surface area contributed by atoms with E-state index in [1.54, 1.807) is 0 Å². The van der Waals surface area contributed by atoms with Crippen LogP contribution < -0.4 is 10.6 Å². The second-order valence-corrected chi connectivity index (χ2v) is 4.38. The minimum atomic E-state index is -0.462. The summed E-state index contributed by atoms with van der Waals surface area (Å²) in [5.41, 5.74) is -0.462. The Hall–Kier alpha value is -1.21. The summed E-state index contributed by atoms with van der Waals surface area (Å²) in [5, 5.41) is 5.70. The average Bonchev–Trinajstić information content (AvgIpc) is 2.00. The number of hydrogen-bond acceptors (Lipinski definition) is 3. The average molecular weight is 212 g/mol. The van der Waals surface area contributed by atoms with E-state index in [1.807, 2.05) is 27.7 Å². The Labute approximate surface area is 91.8 Å². The van der Waals surface area contributed by atoms with Gasteiger partial charge in [0.25, 0.3) is 0 Å². The highest BCUT2D eigenvalue weighted by Crippen LogP contribution is 2.06. The molecule has 0 spiro atoms. The maximum absolute atomic E-state index is 11.3. The molecule has 0 heterocycles. The van der Waals surface area contributed by atoms with Crippen molar-refractivity contribution in [3.05, 3.63) is 0 Å². The maximum Gasteiger partial charge on any atom is 0.407 e. The van der Waals surface area contributed by atoms with Crippen molar-refractivity contribution in [2.24, 2.45) is 0 Å². The van der Waals surface area contributed by atoms with Gasteiger partial charge < -0.3 is 15.4 Å². The van der Waals surface area contributed by atoms with E-state index in [1.165, 1.54) is 0 Å². The van der Waals surface area contributed by atoms with Gasteiger partial charge in [-0.1, -0.05) is 5.92 Å². The van der Waals surface area contributed by atoms with Crippen LogP contribution in [0.5, 0.6) is 0 Å². The summed E-state index contributed by atoms with van der Waals surface area (Å²) >= 11 is 0. The first kappa shape index (κ1) is 13.8. The largest absolute Gasteiger partial charge is 0.444 e. The highest BCUT2D eigenvalue weighted by Gasteiger charge is 2.17. The quantitative estimate of drug-likeness (QED) is 0.542. The fourth-order valence-corrected chi connectivity index (χ4v) is 0.921. The SMILES string of the molecule is C#CCNCC(C)NC(=O)OC(C)(C)C. The Balaban J connectivity index is 3.73. The van der Waals surface area contributed by atoms with E-state index in [9.17, 15) is 4.79 Å². The molecule has 15 heavy (non-hydrogen) atoms. The van der Waals surface area contributed by atoms with Gasteiger partial charge in [-0.25, -0.2) is 4.79 Å². The van der Waals surface area contributed by atoms with E-state index in [0.29, 0.717) is 13.1 Å². The molecule has 1 atom stereocenters. The summed E-state index contributed by atoms with van der Waals surface area (Å²) < 4.78 is 5.10. The molecular formula is C11H20N2O2. The first-order valence-electron chi connectivity index (χ1n) is 4.99. The second-order valence-electron chi connectivity index (χ2n) is 4.38. The molecule has 0 radical (unpaired) electrons. The van der Waals surface area contributed by atoms with Crippen molar-refractivity contribution in [3.63, 3.8) is 0 Å². The van der Waals surface area contributed by atoms with E-state index in [4.69, 9.17) is 11.2 Å². The molecule has 1 unspecified atom stereocenters. The van der Waals surface area contributed by atoms with Crippen LogP contribution in [0.3, 0.4) is 0 Å². The van der Waals surface area contributed by atoms with Crippen molar-refractivity contribution in [2.75, 3.05) is 13.1 Å². The van der Waals surface area contributed by atoms with Crippen molar-refractivity contribution in [3.8, 4) is 12.3 Å². The molecule has 0 aromatic carbocycles. The number of terminal acetylenes is 1. The van der Waals surface area contributed by atoms with Crippen LogP contribution >= 0.6 is 0 Å². The molecule has 2 N–H and O–H groups in total. The molecule has 0 bridgehead atoms. The van der Waals surface area contributed by atoms with E-state index in [0.717, 1.165) is 0 Å². The van der Waals surface area contributed by atoms with Crippen molar-refractivity contribution in [1.82, 2.24) is 10.6 Å². The molecule has 0 saturated carbocycles. The number of ether oxygens (including phenoxy) is 1. The minimum absolute atomic E-state index is 0.00630. The molecule has 4 heteroatoms. The highest BCUT2D eigenvalue weighted by atomic mass is 16.6.